The Kier molecular flexibility index (Phi) is 5.08. The summed E-state index contributed by atoms with van der Waals surface area (Å²) in [5.41, 5.74) is 2.19. The molecule has 0 fully saturated rings. The second kappa shape index (κ2) is 7.80. The van der Waals surface area contributed by atoms with Gasteiger partial charge in [-0.1, -0.05) is 6.07 Å². The average Bonchev–Trinajstić information content (AvgIpc) is 3.21. The quantitative estimate of drug-likeness (QED) is 0.678. The molecule has 4 heterocycles. The Morgan fingerprint density at radius 1 is 1.19 bits per heavy atom. The first-order valence-corrected chi connectivity index (χ1v) is 8.94. The van der Waals surface area contributed by atoms with Gasteiger partial charge in [-0.2, -0.15) is 5.10 Å². The van der Waals surface area contributed by atoms with Crippen molar-refractivity contribution in [1.82, 2.24) is 29.2 Å². The van der Waals surface area contributed by atoms with Crippen molar-refractivity contribution >= 4 is 0 Å². The third kappa shape index (κ3) is 4.17. The lowest BCUT2D eigenvalue weighted by Gasteiger charge is -2.23. The second-order valence-electron chi connectivity index (χ2n) is 6.89. The Balaban J connectivity index is 1.40. The van der Waals surface area contributed by atoms with Gasteiger partial charge in [0.25, 0.3) is 0 Å². The smallest absolute Gasteiger partial charge is 0.122 e. The molecule has 0 aromatic carbocycles. The molecule has 4 rings (SSSR count). The number of fused-ring (bicyclic) bond motifs is 1. The summed E-state index contributed by atoms with van der Waals surface area (Å²) in [6.45, 7) is 4.88. The molecule has 0 unspecified atom stereocenters. The van der Waals surface area contributed by atoms with Crippen molar-refractivity contribution in [2.24, 2.45) is 13.0 Å². The summed E-state index contributed by atoms with van der Waals surface area (Å²) in [5, 5.41) is 4.28. The van der Waals surface area contributed by atoms with Crippen LogP contribution in [0, 0.1) is 5.92 Å². The Hall–Kier alpha value is -2.51. The maximum absolute atomic E-state index is 5.97. The topological polar surface area (TPSA) is 61.0 Å². The zero-order valence-corrected chi connectivity index (χ0v) is 15.0. The van der Waals surface area contributed by atoms with Crippen LogP contribution in [0.5, 0.6) is 0 Å². The second-order valence-corrected chi connectivity index (χ2v) is 6.89. The van der Waals surface area contributed by atoms with Crippen LogP contribution in [0.25, 0.3) is 0 Å². The zero-order valence-electron chi connectivity index (χ0n) is 15.0. The molecule has 0 saturated carbocycles. The molecule has 0 radical (unpaired) electrons. The molecule has 3 aromatic heterocycles. The fourth-order valence-electron chi connectivity index (χ4n) is 3.47. The van der Waals surface area contributed by atoms with Crippen LogP contribution in [0.4, 0.5) is 0 Å². The summed E-state index contributed by atoms with van der Waals surface area (Å²) >= 11 is 0. The molecule has 7 heteroatoms. The zero-order chi connectivity index (χ0) is 17.8. The summed E-state index contributed by atoms with van der Waals surface area (Å²) in [5.74, 6) is 1.52. The maximum atomic E-state index is 5.97. The number of imidazole rings is 1. The highest BCUT2D eigenvalue weighted by Gasteiger charge is 2.23. The van der Waals surface area contributed by atoms with Crippen molar-refractivity contribution in [3.8, 4) is 0 Å². The highest BCUT2D eigenvalue weighted by molar-refractivity contribution is 5.05. The van der Waals surface area contributed by atoms with Crippen molar-refractivity contribution < 1.29 is 4.74 Å². The third-order valence-electron chi connectivity index (χ3n) is 4.63. The molecule has 0 spiro atoms. The number of aryl methyl sites for hydroxylation is 1. The Labute approximate surface area is 153 Å². The predicted octanol–water partition coefficient (Wildman–Crippen LogP) is 1.86. The molecule has 0 saturated heterocycles. The molecule has 26 heavy (non-hydrogen) atoms. The molecular formula is C19H24N6O. The van der Waals surface area contributed by atoms with Crippen LogP contribution < -0.4 is 0 Å². The standard InChI is InChI=1S/C19H24N6O/c1-23-9-16(8-22-23)10-24-11-17(12-25-7-6-21-19(25)13-24)14-26-15-18-4-2-3-5-20-18/h2-9,17H,10-15H2,1H3/t17-/m0/s1. The molecule has 1 aliphatic rings. The van der Waals surface area contributed by atoms with E-state index in [4.69, 9.17) is 4.74 Å². The molecule has 3 aromatic rings. The molecule has 0 N–H and O–H groups in total. The number of hydrogen-bond donors (Lipinski definition) is 0. The highest BCUT2D eigenvalue weighted by atomic mass is 16.5. The fraction of sp³-hybridized carbons (Fsp3) is 0.421. The number of rotatable bonds is 6. The molecule has 1 aliphatic heterocycles. The predicted molar refractivity (Wildman–Crippen MR) is 96.9 cm³/mol. The number of aromatic nitrogens is 5. The molecule has 0 bridgehead atoms. The van der Waals surface area contributed by atoms with Gasteiger partial charge in [-0.15, -0.1) is 0 Å². The fourth-order valence-corrected chi connectivity index (χ4v) is 3.47. The number of nitrogens with zero attached hydrogens (tertiary/aromatic N) is 6. The summed E-state index contributed by atoms with van der Waals surface area (Å²) in [7, 11) is 1.95. The van der Waals surface area contributed by atoms with Crippen molar-refractivity contribution in [2.45, 2.75) is 26.2 Å². The average molecular weight is 352 g/mol. The Bertz CT molecular complexity index is 827. The number of ether oxygens (including phenoxy) is 1. The van der Waals surface area contributed by atoms with E-state index in [0.29, 0.717) is 19.1 Å². The minimum absolute atomic E-state index is 0.408. The molecule has 0 aliphatic carbocycles. The lowest BCUT2D eigenvalue weighted by molar-refractivity contribution is 0.0649. The van der Waals surface area contributed by atoms with E-state index < -0.39 is 0 Å². The Morgan fingerprint density at radius 3 is 2.96 bits per heavy atom. The van der Waals surface area contributed by atoms with Gasteiger partial charge in [0.1, 0.15) is 5.82 Å². The Morgan fingerprint density at radius 2 is 2.15 bits per heavy atom. The van der Waals surface area contributed by atoms with Crippen molar-refractivity contribution in [3.05, 3.63) is 66.3 Å². The van der Waals surface area contributed by atoms with Crippen molar-refractivity contribution in [2.75, 3.05) is 13.2 Å². The minimum Gasteiger partial charge on any atom is -0.375 e. The summed E-state index contributed by atoms with van der Waals surface area (Å²) in [4.78, 5) is 11.3. The molecule has 1 atom stereocenters. The van der Waals surface area contributed by atoms with Gasteiger partial charge in [0.2, 0.25) is 0 Å². The van der Waals surface area contributed by atoms with Gasteiger partial charge in [-0.25, -0.2) is 4.98 Å². The van der Waals surface area contributed by atoms with E-state index in [-0.39, 0.29) is 0 Å². The van der Waals surface area contributed by atoms with Crippen LogP contribution >= 0.6 is 0 Å². The first kappa shape index (κ1) is 16.9. The van der Waals surface area contributed by atoms with Crippen LogP contribution in [0.1, 0.15) is 17.1 Å². The van der Waals surface area contributed by atoms with Crippen LogP contribution in [0.15, 0.2) is 49.2 Å². The van der Waals surface area contributed by atoms with E-state index in [0.717, 1.165) is 37.7 Å². The first-order valence-electron chi connectivity index (χ1n) is 8.94. The molecular weight excluding hydrogens is 328 g/mol. The normalized spacial score (nSPS) is 17.8. The number of hydrogen-bond acceptors (Lipinski definition) is 5. The van der Waals surface area contributed by atoms with Crippen LogP contribution in [0.2, 0.25) is 0 Å². The maximum Gasteiger partial charge on any atom is 0.122 e. The monoisotopic (exact) mass is 352 g/mol. The SMILES string of the molecule is Cn1cc(CN2Cc3nccn3C[C@@H](COCc3ccccn3)C2)cn1. The first-order chi connectivity index (χ1) is 12.8. The number of pyridine rings is 1. The van der Waals surface area contributed by atoms with Gasteiger partial charge >= 0.3 is 0 Å². The van der Waals surface area contributed by atoms with Crippen LogP contribution in [-0.4, -0.2) is 42.4 Å². The van der Waals surface area contributed by atoms with E-state index in [1.165, 1.54) is 5.56 Å². The van der Waals surface area contributed by atoms with Crippen LogP contribution in [-0.2, 0) is 38.0 Å². The van der Waals surface area contributed by atoms with Gasteiger partial charge in [-0.05, 0) is 12.1 Å². The van der Waals surface area contributed by atoms with Crippen molar-refractivity contribution in [1.29, 1.82) is 0 Å². The van der Waals surface area contributed by atoms with Gasteiger partial charge in [0.15, 0.2) is 0 Å². The van der Waals surface area contributed by atoms with Gasteiger partial charge in [0, 0.05) is 63.0 Å². The summed E-state index contributed by atoms with van der Waals surface area (Å²) < 4.78 is 10.1. The third-order valence-corrected chi connectivity index (χ3v) is 4.63. The molecule has 7 nitrogen and oxygen atoms in total. The largest absolute Gasteiger partial charge is 0.375 e. The van der Waals surface area contributed by atoms with Gasteiger partial charge < -0.3 is 9.30 Å². The lowest BCUT2D eigenvalue weighted by Crippen LogP contribution is -2.30. The van der Waals surface area contributed by atoms with Gasteiger partial charge in [0.05, 0.1) is 31.6 Å². The van der Waals surface area contributed by atoms with Crippen molar-refractivity contribution in [3.63, 3.8) is 0 Å². The van der Waals surface area contributed by atoms with E-state index in [1.807, 2.05) is 42.3 Å². The summed E-state index contributed by atoms with van der Waals surface area (Å²) in [6.07, 6.45) is 9.76. The highest BCUT2D eigenvalue weighted by Crippen LogP contribution is 2.18. The van der Waals surface area contributed by atoms with E-state index in [2.05, 4.69) is 36.9 Å². The molecule has 0 amide bonds. The van der Waals surface area contributed by atoms with E-state index in [1.54, 1.807) is 6.20 Å². The van der Waals surface area contributed by atoms with E-state index >= 15 is 0 Å². The van der Waals surface area contributed by atoms with E-state index in [9.17, 15) is 0 Å². The van der Waals surface area contributed by atoms with Crippen LogP contribution in [0.3, 0.4) is 0 Å². The summed E-state index contributed by atoms with van der Waals surface area (Å²) in [6, 6.07) is 5.91. The van der Waals surface area contributed by atoms with Gasteiger partial charge in [-0.3, -0.25) is 14.6 Å². The molecule has 136 valence electrons. The lowest BCUT2D eigenvalue weighted by atomic mass is 10.1. The minimum atomic E-state index is 0.408.